The third-order valence-electron chi connectivity index (χ3n) is 5.34. The van der Waals surface area contributed by atoms with Crippen LogP contribution in [0.15, 0.2) is 53.3 Å². The Hall–Kier alpha value is -4.01. The number of fused-ring (bicyclic) bond motifs is 1. The topological polar surface area (TPSA) is 133 Å². The predicted octanol–water partition coefficient (Wildman–Crippen LogP) is 1.16. The molecule has 1 atom stereocenters. The van der Waals surface area contributed by atoms with Crippen molar-refractivity contribution in [3.8, 4) is 0 Å². The number of esters is 1. The van der Waals surface area contributed by atoms with Crippen LogP contribution in [0.1, 0.15) is 24.2 Å². The van der Waals surface area contributed by atoms with Gasteiger partial charge in [0, 0.05) is 12.1 Å². The van der Waals surface area contributed by atoms with Crippen molar-refractivity contribution >= 4 is 34.4 Å². The lowest BCUT2D eigenvalue weighted by molar-refractivity contribution is -0.164. The fourth-order valence-corrected chi connectivity index (χ4v) is 3.81. The van der Waals surface area contributed by atoms with E-state index < -0.39 is 28.9 Å². The summed E-state index contributed by atoms with van der Waals surface area (Å²) in [6, 6.07) is 13.5. The normalized spacial score (nSPS) is 18.6. The molecule has 2 amide bonds. The molecule has 0 aliphatic carbocycles. The minimum absolute atomic E-state index is 0.0893. The maximum absolute atomic E-state index is 13.4. The molecule has 1 aliphatic rings. The molecular weight excluding hydrogens is 400 g/mol. The lowest BCUT2D eigenvalue weighted by Gasteiger charge is -2.35. The Bertz CT molecular complexity index is 1270. The first-order valence-corrected chi connectivity index (χ1v) is 9.68. The molecule has 2 heterocycles. The van der Waals surface area contributed by atoms with Crippen LogP contribution in [-0.2, 0) is 31.3 Å². The van der Waals surface area contributed by atoms with E-state index in [1.165, 1.54) is 19.1 Å². The van der Waals surface area contributed by atoms with Crippen LogP contribution in [-0.4, -0.2) is 27.3 Å². The molecule has 0 spiro atoms. The summed E-state index contributed by atoms with van der Waals surface area (Å²) < 4.78 is 6.48. The molecule has 1 aromatic heterocycles. The zero-order chi connectivity index (χ0) is 22.2. The second-order valence-electron chi connectivity index (χ2n) is 7.38. The number of nitrogens with two attached hydrogens (primary N) is 1. The third-order valence-corrected chi connectivity index (χ3v) is 5.34. The second kappa shape index (κ2) is 7.67. The van der Waals surface area contributed by atoms with Crippen molar-refractivity contribution in [2.75, 3.05) is 5.73 Å². The van der Waals surface area contributed by atoms with Crippen molar-refractivity contribution in [1.82, 2.24) is 14.9 Å². The van der Waals surface area contributed by atoms with E-state index in [1.807, 2.05) is 6.07 Å². The summed E-state index contributed by atoms with van der Waals surface area (Å²) in [4.78, 5) is 55.9. The molecule has 4 rings (SSSR count). The van der Waals surface area contributed by atoms with Crippen LogP contribution in [0, 0.1) is 6.92 Å². The molecule has 3 N–H and O–H groups in total. The summed E-state index contributed by atoms with van der Waals surface area (Å²) >= 11 is 0. The smallest absolute Gasteiger partial charge is 0.342 e. The molecular formula is C22H20N4O5. The number of nitrogens with one attached hydrogen (secondary N) is 1. The maximum Gasteiger partial charge on any atom is 0.342 e. The van der Waals surface area contributed by atoms with Crippen LogP contribution in [0.2, 0.25) is 0 Å². The SMILES string of the molecule is Cc1nc2cc(N)ccc2c(=O)n1[C@]1(C(=O)OCc2ccccc2)CCC(=O)NC1=O. The number of imide groups is 1. The van der Waals surface area contributed by atoms with Crippen LogP contribution >= 0.6 is 0 Å². The fraction of sp³-hybridized carbons (Fsp3) is 0.227. The Morgan fingerprint density at radius 1 is 1.19 bits per heavy atom. The average molecular weight is 420 g/mol. The van der Waals surface area contributed by atoms with E-state index in [9.17, 15) is 19.2 Å². The van der Waals surface area contributed by atoms with E-state index in [0.29, 0.717) is 11.2 Å². The summed E-state index contributed by atoms with van der Waals surface area (Å²) in [5.41, 5.74) is 4.63. The number of nitrogens with zero attached hydrogens (tertiary/aromatic N) is 2. The number of benzene rings is 2. The molecule has 0 bridgehead atoms. The molecule has 1 aliphatic heterocycles. The van der Waals surface area contributed by atoms with Crippen molar-refractivity contribution in [1.29, 1.82) is 0 Å². The number of nitrogen functional groups attached to an aromatic ring is 1. The van der Waals surface area contributed by atoms with Gasteiger partial charge in [-0.1, -0.05) is 30.3 Å². The number of carbonyl (C=O) groups is 3. The number of ether oxygens (including phenoxy) is 1. The van der Waals surface area contributed by atoms with Crippen molar-refractivity contribution in [3.05, 3.63) is 70.3 Å². The maximum atomic E-state index is 13.4. The first kappa shape index (κ1) is 20.3. The quantitative estimate of drug-likeness (QED) is 0.280. The highest BCUT2D eigenvalue weighted by Crippen LogP contribution is 2.30. The summed E-state index contributed by atoms with van der Waals surface area (Å²) in [7, 11) is 0. The van der Waals surface area contributed by atoms with Gasteiger partial charge in [0.1, 0.15) is 12.4 Å². The van der Waals surface area contributed by atoms with Gasteiger partial charge in [-0.15, -0.1) is 0 Å². The molecule has 9 nitrogen and oxygen atoms in total. The van der Waals surface area contributed by atoms with Crippen molar-refractivity contribution in [2.24, 2.45) is 0 Å². The van der Waals surface area contributed by atoms with Gasteiger partial charge in [0.15, 0.2) is 0 Å². The Labute approximate surface area is 176 Å². The van der Waals surface area contributed by atoms with E-state index in [2.05, 4.69) is 10.3 Å². The van der Waals surface area contributed by atoms with Gasteiger partial charge in [-0.3, -0.25) is 24.3 Å². The van der Waals surface area contributed by atoms with Gasteiger partial charge in [0.25, 0.3) is 11.5 Å². The zero-order valence-corrected chi connectivity index (χ0v) is 16.8. The molecule has 1 saturated heterocycles. The summed E-state index contributed by atoms with van der Waals surface area (Å²) in [5.74, 6) is -2.24. The highest BCUT2D eigenvalue weighted by Gasteiger charge is 2.54. The van der Waals surface area contributed by atoms with E-state index in [0.717, 1.165) is 10.1 Å². The predicted molar refractivity (Wildman–Crippen MR) is 112 cm³/mol. The first-order valence-electron chi connectivity index (χ1n) is 9.68. The number of rotatable bonds is 4. The molecule has 0 saturated carbocycles. The highest BCUT2D eigenvalue weighted by molar-refractivity contribution is 6.13. The van der Waals surface area contributed by atoms with Crippen molar-refractivity contribution in [3.63, 3.8) is 0 Å². The number of piperidine rings is 1. The van der Waals surface area contributed by atoms with Crippen LogP contribution < -0.4 is 16.6 Å². The Balaban J connectivity index is 1.85. The van der Waals surface area contributed by atoms with E-state index in [1.54, 1.807) is 30.3 Å². The minimum Gasteiger partial charge on any atom is -0.459 e. The van der Waals surface area contributed by atoms with Gasteiger partial charge in [-0.05, 0) is 37.1 Å². The minimum atomic E-state index is -2.05. The second-order valence-corrected chi connectivity index (χ2v) is 7.38. The van der Waals surface area contributed by atoms with Crippen molar-refractivity contribution < 1.29 is 19.1 Å². The molecule has 9 heteroatoms. The van der Waals surface area contributed by atoms with Gasteiger partial charge in [0.2, 0.25) is 11.4 Å². The van der Waals surface area contributed by atoms with Crippen molar-refractivity contribution in [2.45, 2.75) is 31.9 Å². The number of hydrogen-bond acceptors (Lipinski definition) is 7. The van der Waals surface area contributed by atoms with Gasteiger partial charge in [-0.25, -0.2) is 9.78 Å². The number of carbonyl (C=O) groups excluding carboxylic acids is 3. The zero-order valence-electron chi connectivity index (χ0n) is 16.8. The largest absolute Gasteiger partial charge is 0.459 e. The average Bonchev–Trinajstić information content (AvgIpc) is 2.74. The molecule has 2 aromatic carbocycles. The van der Waals surface area contributed by atoms with Gasteiger partial charge in [-0.2, -0.15) is 0 Å². The monoisotopic (exact) mass is 420 g/mol. The molecule has 31 heavy (non-hydrogen) atoms. The Morgan fingerprint density at radius 2 is 1.94 bits per heavy atom. The summed E-state index contributed by atoms with van der Waals surface area (Å²) in [5, 5.41) is 2.37. The van der Waals surface area contributed by atoms with E-state index >= 15 is 0 Å². The number of aryl methyl sites for hydroxylation is 1. The van der Waals surface area contributed by atoms with Crippen LogP contribution in [0.4, 0.5) is 5.69 Å². The van der Waals surface area contributed by atoms with E-state index in [4.69, 9.17) is 10.5 Å². The first-order chi connectivity index (χ1) is 14.8. The standard InChI is InChI=1S/C22H20N4O5/c1-13-24-17-11-15(23)7-8-16(17)19(28)26(13)22(10-9-18(27)25-20(22)29)21(30)31-12-14-5-3-2-4-6-14/h2-8,11H,9-10,12,23H2,1H3,(H,25,27,29)/t22-/m1/s1. The molecule has 0 unspecified atom stereocenters. The third kappa shape index (κ3) is 3.43. The lowest BCUT2D eigenvalue weighted by Crippen LogP contribution is -2.62. The highest BCUT2D eigenvalue weighted by atomic mass is 16.5. The lowest BCUT2D eigenvalue weighted by atomic mass is 9.87. The van der Waals surface area contributed by atoms with E-state index in [-0.39, 0.29) is 30.7 Å². The Morgan fingerprint density at radius 3 is 2.65 bits per heavy atom. The summed E-state index contributed by atoms with van der Waals surface area (Å²) in [6.45, 7) is 1.42. The van der Waals surface area contributed by atoms with Crippen LogP contribution in [0.3, 0.4) is 0 Å². The fourth-order valence-electron chi connectivity index (χ4n) is 3.81. The van der Waals surface area contributed by atoms with Crippen LogP contribution in [0.5, 0.6) is 0 Å². The molecule has 1 fully saturated rings. The van der Waals surface area contributed by atoms with Gasteiger partial charge < -0.3 is 10.5 Å². The van der Waals surface area contributed by atoms with Crippen LogP contribution in [0.25, 0.3) is 10.9 Å². The van der Waals surface area contributed by atoms with Gasteiger partial charge in [0.05, 0.1) is 10.9 Å². The number of amides is 2. The number of anilines is 1. The number of hydrogen-bond donors (Lipinski definition) is 2. The molecule has 3 aromatic rings. The molecule has 158 valence electrons. The Kier molecular flexibility index (Phi) is 5.02. The number of aromatic nitrogens is 2. The summed E-state index contributed by atoms with van der Waals surface area (Å²) in [6.07, 6.45) is -0.341. The molecule has 0 radical (unpaired) electrons. The van der Waals surface area contributed by atoms with Gasteiger partial charge >= 0.3 is 5.97 Å².